The molecule has 2 N–H and O–H groups in total. The number of nitrogens with zero attached hydrogens (tertiary/aromatic N) is 1. The lowest BCUT2D eigenvalue weighted by atomic mass is 9.95. The number of Topliss-reactive ketones (excluding diaryl/α,β-unsaturated/α-hetero) is 1. The third-order valence-electron chi connectivity index (χ3n) is 4.95. The molecule has 0 aromatic heterocycles. The Morgan fingerprint density at radius 2 is 1.84 bits per heavy atom. The molecule has 2 aromatic carbocycles. The van der Waals surface area contributed by atoms with Gasteiger partial charge in [0.25, 0.3) is 11.7 Å². The van der Waals surface area contributed by atoms with E-state index in [0.29, 0.717) is 23.5 Å². The van der Waals surface area contributed by atoms with Crippen LogP contribution in [0.5, 0.6) is 11.5 Å². The molecule has 3 rings (SSSR count). The smallest absolute Gasteiger partial charge is 0.295 e. The van der Waals surface area contributed by atoms with Crippen molar-refractivity contribution < 1.29 is 29.3 Å². The van der Waals surface area contributed by atoms with Gasteiger partial charge in [-0.1, -0.05) is 12.1 Å². The van der Waals surface area contributed by atoms with Crippen molar-refractivity contribution in [1.82, 2.24) is 4.90 Å². The minimum absolute atomic E-state index is 0.00239. The summed E-state index contributed by atoms with van der Waals surface area (Å²) in [7, 11) is 0. The molecule has 1 aliphatic heterocycles. The van der Waals surface area contributed by atoms with Crippen LogP contribution >= 0.6 is 0 Å². The molecule has 2 aromatic rings. The van der Waals surface area contributed by atoms with Crippen molar-refractivity contribution in [3.8, 4) is 11.5 Å². The van der Waals surface area contributed by atoms with E-state index in [4.69, 9.17) is 9.47 Å². The first-order valence-corrected chi connectivity index (χ1v) is 10.3. The van der Waals surface area contributed by atoms with Crippen LogP contribution in [0.25, 0.3) is 5.76 Å². The van der Waals surface area contributed by atoms with Gasteiger partial charge in [0.2, 0.25) is 0 Å². The van der Waals surface area contributed by atoms with Crippen molar-refractivity contribution in [3.63, 3.8) is 0 Å². The van der Waals surface area contributed by atoms with Gasteiger partial charge in [0.1, 0.15) is 17.3 Å². The molecule has 0 saturated carbocycles. The van der Waals surface area contributed by atoms with E-state index in [1.54, 1.807) is 36.4 Å². The van der Waals surface area contributed by atoms with Crippen molar-refractivity contribution >= 4 is 17.4 Å². The number of benzene rings is 2. The number of hydrogen-bond acceptors (Lipinski definition) is 6. The molecule has 1 saturated heterocycles. The number of ether oxygens (including phenoxy) is 2. The van der Waals surface area contributed by atoms with Gasteiger partial charge in [0, 0.05) is 12.1 Å². The highest BCUT2D eigenvalue weighted by Crippen LogP contribution is 2.40. The van der Waals surface area contributed by atoms with Crippen molar-refractivity contribution in [3.05, 3.63) is 65.2 Å². The molecule has 0 aliphatic carbocycles. The van der Waals surface area contributed by atoms with Gasteiger partial charge < -0.3 is 24.6 Å². The topological polar surface area (TPSA) is 96.3 Å². The monoisotopic (exact) mass is 425 g/mol. The van der Waals surface area contributed by atoms with Crippen LogP contribution in [0.1, 0.15) is 37.9 Å². The summed E-state index contributed by atoms with van der Waals surface area (Å²) in [6.45, 7) is 6.55. The summed E-state index contributed by atoms with van der Waals surface area (Å²) >= 11 is 0. The minimum atomic E-state index is -0.838. The van der Waals surface area contributed by atoms with Crippen LogP contribution in [0.4, 0.5) is 0 Å². The summed E-state index contributed by atoms with van der Waals surface area (Å²) in [6.07, 6.45) is -0.0279. The summed E-state index contributed by atoms with van der Waals surface area (Å²) < 4.78 is 11.0. The number of aliphatic hydroxyl groups is 1. The number of carbonyl (C=O) groups excluding carboxylic acids is 2. The first-order chi connectivity index (χ1) is 14.8. The fraction of sp³-hybridized carbons (Fsp3) is 0.333. The molecule has 1 aliphatic rings. The molecule has 1 amide bonds. The molecule has 7 heteroatoms. The Bertz CT molecular complexity index is 980. The highest BCUT2D eigenvalue weighted by molar-refractivity contribution is 6.46. The molecule has 31 heavy (non-hydrogen) atoms. The molecule has 1 atom stereocenters. The number of phenolic OH excluding ortho intramolecular Hbond substituents is 1. The predicted octanol–water partition coefficient (Wildman–Crippen LogP) is 3.64. The van der Waals surface area contributed by atoms with Crippen LogP contribution < -0.4 is 4.74 Å². The molecule has 0 radical (unpaired) electrons. The largest absolute Gasteiger partial charge is 0.508 e. The number of aliphatic hydroxyl groups excluding tert-OH is 1. The zero-order valence-corrected chi connectivity index (χ0v) is 17.9. The number of carbonyl (C=O) groups is 2. The lowest BCUT2D eigenvalue weighted by molar-refractivity contribution is -0.140. The molecule has 1 heterocycles. The van der Waals surface area contributed by atoms with Gasteiger partial charge in [-0.2, -0.15) is 0 Å². The van der Waals surface area contributed by atoms with Gasteiger partial charge in [0.15, 0.2) is 0 Å². The molecule has 7 nitrogen and oxygen atoms in total. The van der Waals surface area contributed by atoms with Gasteiger partial charge in [0.05, 0.1) is 30.9 Å². The van der Waals surface area contributed by atoms with Crippen molar-refractivity contribution in [1.29, 1.82) is 0 Å². The average Bonchev–Trinajstić information content (AvgIpc) is 2.99. The van der Waals surface area contributed by atoms with Crippen LogP contribution in [0.3, 0.4) is 0 Å². The molecular formula is C24H27NO6. The van der Waals surface area contributed by atoms with Crippen molar-refractivity contribution in [2.75, 3.05) is 19.8 Å². The Morgan fingerprint density at radius 1 is 1.13 bits per heavy atom. The van der Waals surface area contributed by atoms with Crippen molar-refractivity contribution in [2.24, 2.45) is 0 Å². The number of rotatable bonds is 8. The van der Waals surface area contributed by atoms with E-state index in [0.717, 1.165) is 0 Å². The zero-order valence-electron chi connectivity index (χ0n) is 17.9. The van der Waals surface area contributed by atoms with E-state index in [9.17, 15) is 19.8 Å². The first-order valence-electron chi connectivity index (χ1n) is 10.3. The maximum Gasteiger partial charge on any atom is 0.295 e. The fourth-order valence-corrected chi connectivity index (χ4v) is 3.57. The Kier molecular flexibility index (Phi) is 6.97. The first kappa shape index (κ1) is 22.4. The van der Waals surface area contributed by atoms with E-state index in [1.165, 1.54) is 17.0 Å². The van der Waals surface area contributed by atoms with Crippen LogP contribution in [0.15, 0.2) is 54.1 Å². The Balaban J connectivity index is 2.05. The second kappa shape index (κ2) is 9.66. The number of aromatic hydroxyl groups is 1. The van der Waals surface area contributed by atoms with Crippen LogP contribution in [-0.2, 0) is 14.3 Å². The van der Waals surface area contributed by atoms with E-state index in [-0.39, 0.29) is 36.3 Å². The number of likely N-dealkylation sites (tertiary alicyclic amines) is 1. The zero-order chi connectivity index (χ0) is 22.5. The summed E-state index contributed by atoms with van der Waals surface area (Å²) in [5.41, 5.74) is 0.894. The number of phenols is 1. The van der Waals surface area contributed by atoms with E-state index in [2.05, 4.69) is 0 Å². The van der Waals surface area contributed by atoms with Gasteiger partial charge in [-0.05, 0) is 62.7 Å². The lowest BCUT2D eigenvalue weighted by Crippen LogP contribution is -2.33. The fourth-order valence-electron chi connectivity index (χ4n) is 3.57. The minimum Gasteiger partial charge on any atom is -0.508 e. The summed E-state index contributed by atoms with van der Waals surface area (Å²) in [5.74, 6) is -1.13. The summed E-state index contributed by atoms with van der Waals surface area (Å²) in [5, 5.41) is 21.0. The number of ketones is 1. The average molecular weight is 425 g/mol. The molecule has 1 unspecified atom stereocenters. The van der Waals surface area contributed by atoms with E-state index < -0.39 is 17.7 Å². The van der Waals surface area contributed by atoms with Crippen LogP contribution in [0, 0.1) is 0 Å². The maximum atomic E-state index is 12.9. The predicted molar refractivity (Wildman–Crippen MR) is 116 cm³/mol. The molecule has 1 fully saturated rings. The summed E-state index contributed by atoms with van der Waals surface area (Å²) in [6, 6.07) is 12.1. The molecule has 0 spiro atoms. The van der Waals surface area contributed by atoms with E-state index in [1.807, 2.05) is 20.8 Å². The van der Waals surface area contributed by atoms with E-state index >= 15 is 0 Å². The summed E-state index contributed by atoms with van der Waals surface area (Å²) in [4.78, 5) is 27.1. The Morgan fingerprint density at radius 3 is 2.45 bits per heavy atom. The third-order valence-corrected chi connectivity index (χ3v) is 4.95. The van der Waals surface area contributed by atoms with Gasteiger partial charge in [-0.3, -0.25) is 9.59 Å². The lowest BCUT2D eigenvalue weighted by Gasteiger charge is -2.25. The highest BCUT2D eigenvalue weighted by atomic mass is 16.5. The maximum absolute atomic E-state index is 12.9. The third kappa shape index (κ3) is 4.88. The van der Waals surface area contributed by atoms with Crippen LogP contribution in [0.2, 0.25) is 0 Å². The highest BCUT2D eigenvalue weighted by Gasteiger charge is 2.46. The molecular weight excluding hydrogens is 398 g/mol. The normalized spacial score (nSPS) is 18.1. The second-order valence-electron chi connectivity index (χ2n) is 7.46. The SMILES string of the molecule is CCOc1ccc(/C(O)=C2/C(=O)C(=O)N(CCOC(C)C)C2c2cccc(O)c2)cc1. The molecule has 0 bridgehead atoms. The van der Waals surface area contributed by atoms with Gasteiger partial charge >= 0.3 is 0 Å². The van der Waals surface area contributed by atoms with Gasteiger partial charge in [-0.15, -0.1) is 0 Å². The quantitative estimate of drug-likeness (QED) is 0.381. The Hall–Kier alpha value is -3.32. The molecule has 164 valence electrons. The van der Waals surface area contributed by atoms with Crippen molar-refractivity contribution in [2.45, 2.75) is 32.9 Å². The number of amides is 1. The number of hydrogen-bond donors (Lipinski definition) is 2. The second-order valence-corrected chi connectivity index (χ2v) is 7.46. The Labute approximate surface area is 181 Å². The van der Waals surface area contributed by atoms with Gasteiger partial charge in [-0.25, -0.2) is 0 Å². The van der Waals surface area contributed by atoms with Crippen LogP contribution in [-0.4, -0.2) is 52.7 Å². The standard InChI is InChI=1S/C24H27NO6/c1-4-30-19-10-8-16(9-11-19)22(27)20-21(17-6-5-7-18(26)14-17)25(24(29)23(20)28)12-13-31-15(2)3/h5-11,14-15,21,26-27H,4,12-13H2,1-3H3/b22-20-.